The minimum atomic E-state index is -0.239. The molecule has 1 N–H and O–H groups in total. The van der Waals surface area contributed by atoms with Crippen molar-refractivity contribution >= 4 is 34.0 Å². The average molecular weight is 353 g/mol. The van der Waals surface area contributed by atoms with Gasteiger partial charge in [0.1, 0.15) is 11.6 Å². The molecule has 1 aromatic carbocycles. The van der Waals surface area contributed by atoms with Gasteiger partial charge in [-0.25, -0.2) is 4.98 Å². The van der Waals surface area contributed by atoms with Crippen molar-refractivity contribution < 1.29 is 9.53 Å². The number of carbonyl (C=O) groups is 1. The zero-order chi connectivity index (χ0) is 17.0. The molecule has 23 heavy (non-hydrogen) atoms. The van der Waals surface area contributed by atoms with E-state index in [9.17, 15) is 4.79 Å². The summed E-state index contributed by atoms with van der Waals surface area (Å²) in [6.45, 7) is 6.35. The van der Waals surface area contributed by atoms with Crippen molar-refractivity contribution in [3.63, 3.8) is 0 Å². The van der Waals surface area contributed by atoms with Crippen LogP contribution in [-0.2, 0) is 16.6 Å². The van der Waals surface area contributed by atoms with E-state index >= 15 is 0 Å². The van der Waals surface area contributed by atoms with Crippen molar-refractivity contribution in [1.82, 2.24) is 4.98 Å². The smallest absolute Gasteiger partial charge is 0.241 e. The van der Waals surface area contributed by atoms with E-state index < -0.39 is 0 Å². The van der Waals surface area contributed by atoms with Crippen LogP contribution in [0.5, 0.6) is 5.75 Å². The molecule has 0 spiro atoms. The SMILES string of the molecule is COc1ccc(Cc2sc(NC(=O)CCl)nc2C(C)(C)C)cc1. The Labute approximate surface area is 145 Å². The molecule has 2 aromatic rings. The molecule has 0 atom stereocenters. The van der Waals surface area contributed by atoms with Crippen LogP contribution in [-0.4, -0.2) is 23.9 Å². The Kier molecular flexibility index (Phi) is 5.65. The van der Waals surface area contributed by atoms with Gasteiger partial charge in [0.2, 0.25) is 5.91 Å². The maximum Gasteiger partial charge on any atom is 0.241 e. The summed E-state index contributed by atoms with van der Waals surface area (Å²) < 4.78 is 5.19. The van der Waals surface area contributed by atoms with Crippen LogP contribution in [0.15, 0.2) is 24.3 Å². The number of carbonyl (C=O) groups excluding carboxylic acids is 1. The molecule has 4 nitrogen and oxygen atoms in total. The van der Waals surface area contributed by atoms with Crippen LogP contribution in [0.1, 0.15) is 36.9 Å². The summed E-state index contributed by atoms with van der Waals surface area (Å²) in [7, 11) is 1.65. The molecule has 2 rings (SSSR count). The molecule has 1 aromatic heterocycles. The van der Waals surface area contributed by atoms with Gasteiger partial charge in [-0.15, -0.1) is 22.9 Å². The number of hydrogen-bond donors (Lipinski definition) is 1. The van der Waals surface area contributed by atoms with Crippen LogP contribution in [0.4, 0.5) is 5.13 Å². The third-order valence-electron chi connectivity index (χ3n) is 3.30. The van der Waals surface area contributed by atoms with Crippen LogP contribution in [0.2, 0.25) is 0 Å². The van der Waals surface area contributed by atoms with Gasteiger partial charge in [-0.1, -0.05) is 32.9 Å². The third kappa shape index (κ3) is 4.69. The fourth-order valence-electron chi connectivity index (χ4n) is 2.19. The fraction of sp³-hybridized carbons (Fsp3) is 0.412. The van der Waals surface area contributed by atoms with E-state index in [-0.39, 0.29) is 17.2 Å². The summed E-state index contributed by atoms with van der Waals surface area (Å²) in [5, 5.41) is 3.35. The second kappa shape index (κ2) is 7.32. The first kappa shape index (κ1) is 17.8. The fourth-order valence-corrected chi connectivity index (χ4v) is 3.48. The van der Waals surface area contributed by atoms with Crippen molar-refractivity contribution in [2.45, 2.75) is 32.6 Å². The first-order valence-electron chi connectivity index (χ1n) is 7.32. The molecule has 0 aliphatic heterocycles. The van der Waals surface area contributed by atoms with E-state index in [1.807, 2.05) is 24.3 Å². The van der Waals surface area contributed by atoms with E-state index in [1.165, 1.54) is 16.9 Å². The van der Waals surface area contributed by atoms with Gasteiger partial charge in [0, 0.05) is 16.7 Å². The summed E-state index contributed by atoms with van der Waals surface area (Å²) in [5.41, 5.74) is 2.08. The molecule has 1 heterocycles. The topological polar surface area (TPSA) is 51.2 Å². The predicted molar refractivity (Wildman–Crippen MR) is 96.0 cm³/mol. The van der Waals surface area contributed by atoms with E-state index in [4.69, 9.17) is 16.3 Å². The summed E-state index contributed by atoms with van der Waals surface area (Å²) in [6, 6.07) is 7.98. The number of aromatic nitrogens is 1. The Hall–Kier alpha value is -1.59. The molecule has 0 radical (unpaired) electrons. The Morgan fingerprint density at radius 2 is 1.96 bits per heavy atom. The number of benzene rings is 1. The Morgan fingerprint density at radius 3 is 2.48 bits per heavy atom. The van der Waals surface area contributed by atoms with Crippen LogP contribution >= 0.6 is 22.9 Å². The number of amides is 1. The number of ether oxygens (including phenoxy) is 1. The predicted octanol–water partition coefficient (Wildman–Crippen LogP) is 4.22. The molecule has 0 aliphatic rings. The number of alkyl halides is 1. The maximum atomic E-state index is 11.5. The highest BCUT2D eigenvalue weighted by atomic mass is 35.5. The number of methoxy groups -OCH3 is 1. The van der Waals surface area contributed by atoms with Gasteiger partial charge >= 0.3 is 0 Å². The summed E-state index contributed by atoms with van der Waals surface area (Å²) in [6.07, 6.45) is 0.769. The monoisotopic (exact) mass is 352 g/mol. The third-order valence-corrected chi connectivity index (χ3v) is 4.51. The molecule has 0 fully saturated rings. The summed E-state index contributed by atoms with van der Waals surface area (Å²) in [5.74, 6) is 0.527. The van der Waals surface area contributed by atoms with Gasteiger partial charge in [-0.05, 0) is 17.7 Å². The molecule has 124 valence electrons. The van der Waals surface area contributed by atoms with Gasteiger partial charge in [0.15, 0.2) is 5.13 Å². The van der Waals surface area contributed by atoms with Crippen LogP contribution < -0.4 is 10.1 Å². The number of rotatable bonds is 5. The van der Waals surface area contributed by atoms with Gasteiger partial charge < -0.3 is 10.1 Å². The van der Waals surface area contributed by atoms with E-state index in [2.05, 4.69) is 31.1 Å². The van der Waals surface area contributed by atoms with Gasteiger partial charge in [0.25, 0.3) is 0 Å². The lowest BCUT2D eigenvalue weighted by molar-refractivity contribution is -0.113. The molecule has 0 saturated carbocycles. The van der Waals surface area contributed by atoms with Crippen LogP contribution in [0.3, 0.4) is 0 Å². The number of hydrogen-bond acceptors (Lipinski definition) is 4. The molecular formula is C17H21ClN2O2S. The Balaban J connectivity index is 2.29. The number of nitrogens with zero attached hydrogens (tertiary/aromatic N) is 1. The first-order valence-corrected chi connectivity index (χ1v) is 8.67. The van der Waals surface area contributed by atoms with E-state index in [0.29, 0.717) is 5.13 Å². The van der Waals surface area contributed by atoms with Crippen molar-refractivity contribution in [3.8, 4) is 5.75 Å². The minimum Gasteiger partial charge on any atom is -0.497 e. The Morgan fingerprint density at radius 1 is 1.30 bits per heavy atom. The highest BCUT2D eigenvalue weighted by Gasteiger charge is 2.24. The standard InChI is InChI=1S/C17H21ClN2O2S/c1-17(2,3)15-13(23-16(20-15)19-14(21)10-18)9-11-5-7-12(22-4)8-6-11/h5-8H,9-10H2,1-4H3,(H,19,20,21). The lowest BCUT2D eigenvalue weighted by atomic mass is 9.90. The lowest BCUT2D eigenvalue weighted by Crippen LogP contribution is -2.15. The van der Waals surface area contributed by atoms with Crippen molar-refractivity contribution in [2.24, 2.45) is 0 Å². The number of anilines is 1. The molecule has 0 bridgehead atoms. The molecule has 1 amide bonds. The molecule has 6 heteroatoms. The zero-order valence-corrected chi connectivity index (χ0v) is 15.3. The highest BCUT2D eigenvalue weighted by molar-refractivity contribution is 7.16. The van der Waals surface area contributed by atoms with Gasteiger partial charge in [-0.2, -0.15) is 0 Å². The van der Waals surface area contributed by atoms with Gasteiger partial charge in [-0.3, -0.25) is 4.79 Å². The van der Waals surface area contributed by atoms with E-state index in [1.54, 1.807) is 7.11 Å². The largest absolute Gasteiger partial charge is 0.497 e. The van der Waals surface area contributed by atoms with Crippen molar-refractivity contribution in [2.75, 3.05) is 18.3 Å². The summed E-state index contributed by atoms with van der Waals surface area (Å²) >= 11 is 7.05. The first-order chi connectivity index (χ1) is 10.8. The van der Waals surface area contributed by atoms with Crippen LogP contribution in [0.25, 0.3) is 0 Å². The van der Waals surface area contributed by atoms with Gasteiger partial charge in [0.05, 0.1) is 12.8 Å². The normalized spacial score (nSPS) is 11.3. The average Bonchev–Trinajstić information content (AvgIpc) is 2.90. The van der Waals surface area contributed by atoms with Crippen molar-refractivity contribution in [1.29, 1.82) is 0 Å². The van der Waals surface area contributed by atoms with Crippen LogP contribution in [0, 0.1) is 0 Å². The molecule has 0 saturated heterocycles. The maximum absolute atomic E-state index is 11.5. The summed E-state index contributed by atoms with van der Waals surface area (Å²) in [4.78, 5) is 17.2. The molecule has 0 aliphatic carbocycles. The highest BCUT2D eigenvalue weighted by Crippen LogP contribution is 2.33. The van der Waals surface area contributed by atoms with E-state index in [0.717, 1.165) is 22.7 Å². The quantitative estimate of drug-likeness (QED) is 0.820. The minimum absolute atomic E-state index is 0.0712. The second-order valence-electron chi connectivity index (χ2n) is 6.25. The number of nitrogens with one attached hydrogen (secondary N) is 1. The molecular weight excluding hydrogens is 332 g/mol. The number of halogens is 1. The Bertz CT molecular complexity index is 675. The molecule has 0 unspecified atom stereocenters. The lowest BCUT2D eigenvalue weighted by Gasteiger charge is -2.17. The van der Waals surface area contributed by atoms with Crippen molar-refractivity contribution in [3.05, 3.63) is 40.4 Å². The second-order valence-corrected chi connectivity index (χ2v) is 7.60. The zero-order valence-electron chi connectivity index (χ0n) is 13.8. The number of thiazole rings is 1.